The Morgan fingerprint density at radius 2 is 2.38 bits per heavy atom. The predicted octanol–water partition coefficient (Wildman–Crippen LogP) is 1.24. The third-order valence-corrected chi connectivity index (χ3v) is 1.70. The number of H-pyrrole nitrogens is 1. The Morgan fingerprint density at radius 1 is 1.69 bits per heavy atom. The molecule has 1 rings (SSSR count). The van der Waals surface area contributed by atoms with Crippen molar-refractivity contribution in [2.45, 2.75) is 20.3 Å². The minimum absolute atomic E-state index is 0.230. The van der Waals surface area contributed by atoms with Gasteiger partial charge in [-0.05, 0) is 13.3 Å². The highest BCUT2D eigenvalue weighted by Gasteiger charge is 2.15. The lowest BCUT2D eigenvalue weighted by atomic mass is 10.2. The SMILES string of the molecule is CCCNc1n[nH]c(C)c1C(=O)O. The maximum atomic E-state index is 10.8. The van der Waals surface area contributed by atoms with Gasteiger partial charge in [0.05, 0.1) is 0 Å². The first kappa shape index (κ1) is 9.57. The molecule has 1 aromatic heterocycles. The van der Waals surface area contributed by atoms with Gasteiger partial charge in [-0.3, -0.25) is 5.10 Å². The van der Waals surface area contributed by atoms with Gasteiger partial charge in [-0.2, -0.15) is 5.10 Å². The maximum Gasteiger partial charge on any atom is 0.341 e. The second-order valence-electron chi connectivity index (χ2n) is 2.80. The summed E-state index contributed by atoms with van der Waals surface area (Å²) in [6.45, 7) is 4.42. The lowest BCUT2D eigenvalue weighted by Crippen LogP contribution is -2.06. The third-order valence-electron chi connectivity index (χ3n) is 1.70. The molecule has 0 saturated heterocycles. The quantitative estimate of drug-likeness (QED) is 0.656. The summed E-state index contributed by atoms with van der Waals surface area (Å²) in [5, 5.41) is 18.3. The summed E-state index contributed by atoms with van der Waals surface area (Å²) < 4.78 is 0. The van der Waals surface area contributed by atoms with Crippen molar-refractivity contribution in [3.63, 3.8) is 0 Å². The summed E-state index contributed by atoms with van der Waals surface area (Å²) >= 11 is 0. The van der Waals surface area contributed by atoms with Crippen LogP contribution in [0.25, 0.3) is 0 Å². The Labute approximate surface area is 76.2 Å². The largest absolute Gasteiger partial charge is 0.477 e. The molecular formula is C8H13N3O2. The molecule has 0 atom stereocenters. The van der Waals surface area contributed by atoms with E-state index in [2.05, 4.69) is 15.5 Å². The van der Waals surface area contributed by atoms with Crippen LogP contribution in [0.5, 0.6) is 0 Å². The number of carboxylic acids is 1. The molecule has 0 aliphatic carbocycles. The highest BCUT2D eigenvalue weighted by atomic mass is 16.4. The van der Waals surface area contributed by atoms with Crippen molar-refractivity contribution in [1.29, 1.82) is 0 Å². The Kier molecular flexibility index (Phi) is 2.89. The van der Waals surface area contributed by atoms with Crippen LogP contribution in [0, 0.1) is 6.92 Å². The van der Waals surface area contributed by atoms with Gasteiger partial charge in [-0.15, -0.1) is 0 Å². The first-order valence-electron chi connectivity index (χ1n) is 4.19. The fourth-order valence-corrected chi connectivity index (χ4v) is 1.06. The van der Waals surface area contributed by atoms with Gasteiger partial charge in [0.2, 0.25) is 0 Å². The molecule has 0 aromatic carbocycles. The van der Waals surface area contributed by atoms with Gasteiger partial charge in [0.15, 0.2) is 5.82 Å². The van der Waals surface area contributed by atoms with E-state index in [0.717, 1.165) is 13.0 Å². The van der Waals surface area contributed by atoms with E-state index in [1.54, 1.807) is 6.92 Å². The molecule has 0 aliphatic heterocycles. The van der Waals surface area contributed by atoms with Crippen molar-refractivity contribution >= 4 is 11.8 Å². The number of nitrogens with one attached hydrogen (secondary N) is 2. The zero-order valence-electron chi connectivity index (χ0n) is 7.72. The molecule has 1 aromatic rings. The standard InChI is InChI=1S/C8H13N3O2/c1-3-4-9-7-6(8(12)13)5(2)10-11-7/h3-4H2,1-2H3,(H,12,13)(H2,9,10,11). The summed E-state index contributed by atoms with van der Waals surface area (Å²) in [6, 6.07) is 0. The van der Waals surface area contributed by atoms with Crippen molar-refractivity contribution < 1.29 is 9.90 Å². The van der Waals surface area contributed by atoms with E-state index in [1.165, 1.54) is 0 Å². The molecular weight excluding hydrogens is 170 g/mol. The van der Waals surface area contributed by atoms with Gasteiger partial charge in [-0.1, -0.05) is 6.92 Å². The Balaban J connectivity index is 2.87. The molecule has 72 valence electrons. The van der Waals surface area contributed by atoms with Crippen LogP contribution in [0.4, 0.5) is 5.82 Å². The number of aryl methyl sites for hydroxylation is 1. The highest BCUT2D eigenvalue weighted by Crippen LogP contribution is 2.15. The molecule has 0 aliphatic rings. The Morgan fingerprint density at radius 3 is 2.92 bits per heavy atom. The van der Waals surface area contributed by atoms with E-state index in [1.807, 2.05) is 6.92 Å². The van der Waals surface area contributed by atoms with E-state index in [4.69, 9.17) is 5.11 Å². The monoisotopic (exact) mass is 183 g/mol. The summed E-state index contributed by atoms with van der Waals surface area (Å²) in [5.41, 5.74) is 0.805. The van der Waals surface area contributed by atoms with E-state index in [9.17, 15) is 4.79 Å². The summed E-state index contributed by atoms with van der Waals surface area (Å²) in [6.07, 6.45) is 0.935. The number of rotatable bonds is 4. The number of anilines is 1. The van der Waals surface area contributed by atoms with Crippen LogP contribution in [0.3, 0.4) is 0 Å². The average Bonchev–Trinajstić information content (AvgIpc) is 2.43. The molecule has 0 amide bonds. The number of carboxylic acid groups (broad SMARTS) is 1. The smallest absolute Gasteiger partial charge is 0.341 e. The van der Waals surface area contributed by atoms with Crippen LogP contribution in [0.15, 0.2) is 0 Å². The van der Waals surface area contributed by atoms with Crippen LogP contribution in [0.2, 0.25) is 0 Å². The van der Waals surface area contributed by atoms with Crippen LogP contribution in [0.1, 0.15) is 29.4 Å². The van der Waals surface area contributed by atoms with Gasteiger partial charge in [-0.25, -0.2) is 4.79 Å². The molecule has 5 nitrogen and oxygen atoms in total. The molecule has 0 bridgehead atoms. The number of nitrogens with zero attached hydrogens (tertiary/aromatic N) is 1. The summed E-state index contributed by atoms with van der Waals surface area (Å²) in [7, 11) is 0. The van der Waals surface area contributed by atoms with Gasteiger partial charge in [0.25, 0.3) is 0 Å². The average molecular weight is 183 g/mol. The van der Waals surface area contributed by atoms with E-state index in [-0.39, 0.29) is 5.56 Å². The van der Waals surface area contributed by atoms with E-state index in [0.29, 0.717) is 11.5 Å². The molecule has 0 radical (unpaired) electrons. The molecule has 0 spiro atoms. The zero-order chi connectivity index (χ0) is 9.84. The minimum Gasteiger partial charge on any atom is -0.477 e. The van der Waals surface area contributed by atoms with Crippen molar-refractivity contribution in [1.82, 2.24) is 10.2 Å². The fourth-order valence-electron chi connectivity index (χ4n) is 1.06. The topological polar surface area (TPSA) is 78.0 Å². The molecule has 5 heteroatoms. The molecule has 1 heterocycles. The van der Waals surface area contributed by atoms with Crippen molar-refractivity contribution in [3.05, 3.63) is 11.3 Å². The third kappa shape index (κ3) is 1.99. The molecule has 13 heavy (non-hydrogen) atoms. The minimum atomic E-state index is -0.954. The van der Waals surface area contributed by atoms with Gasteiger partial charge >= 0.3 is 5.97 Å². The number of hydrogen-bond acceptors (Lipinski definition) is 3. The highest BCUT2D eigenvalue weighted by molar-refractivity contribution is 5.94. The van der Waals surface area contributed by atoms with E-state index < -0.39 is 5.97 Å². The molecule has 0 unspecified atom stereocenters. The summed E-state index contributed by atoms with van der Waals surface area (Å²) in [4.78, 5) is 10.8. The fraction of sp³-hybridized carbons (Fsp3) is 0.500. The van der Waals surface area contributed by atoms with Crippen LogP contribution in [-0.2, 0) is 0 Å². The first-order valence-corrected chi connectivity index (χ1v) is 4.19. The number of aromatic nitrogens is 2. The van der Waals surface area contributed by atoms with Crippen LogP contribution in [-0.4, -0.2) is 27.8 Å². The van der Waals surface area contributed by atoms with Crippen LogP contribution < -0.4 is 5.32 Å². The number of aromatic carboxylic acids is 1. The van der Waals surface area contributed by atoms with Gasteiger partial charge in [0.1, 0.15) is 5.56 Å². The van der Waals surface area contributed by atoms with Gasteiger partial charge < -0.3 is 10.4 Å². The molecule has 3 N–H and O–H groups in total. The van der Waals surface area contributed by atoms with Crippen LogP contribution >= 0.6 is 0 Å². The lowest BCUT2D eigenvalue weighted by Gasteiger charge is -2.00. The zero-order valence-corrected chi connectivity index (χ0v) is 7.72. The van der Waals surface area contributed by atoms with Crippen molar-refractivity contribution in [2.75, 3.05) is 11.9 Å². The maximum absolute atomic E-state index is 10.8. The molecule has 0 saturated carbocycles. The van der Waals surface area contributed by atoms with E-state index >= 15 is 0 Å². The first-order chi connectivity index (χ1) is 6.16. The predicted molar refractivity (Wildman–Crippen MR) is 49.1 cm³/mol. The normalized spacial score (nSPS) is 10.0. The Bertz CT molecular complexity index is 306. The molecule has 0 fully saturated rings. The Hall–Kier alpha value is -1.52. The van der Waals surface area contributed by atoms with Gasteiger partial charge in [0, 0.05) is 12.2 Å². The lowest BCUT2D eigenvalue weighted by molar-refractivity contribution is 0.0697. The second kappa shape index (κ2) is 3.93. The number of aromatic amines is 1. The summed E-state index contributed by atoms with van der Waals surface area (Å²) in [5.74, 6) is -0.531. The van der Waals surface area contributed by atoms with Crippen molar-refractivity contribution in [3.8, 4) is 0 Å². The van der Waals surface area contributed by atoms with Crippen molar-refractivity contribution in [2.24, 2.45) is 0 Å². The number of hydrogen-bond donors (Lipinski definition) is 3. The second-order valence-corrected chi connectivity index (χ2v) is 2.80. The number of carbonyl (C=O) groups is 1.